The van der Waals surface area contributed by atoms with Crippen molar-refractivity contribution in [3.8, 4) is 6.07 Å². The van der Waals surface area contributed by atoms with E-state index in [2.05, 4.69) is 21.5 Å². The number of anilines is 2. The van der Waals surface area contributed by atoms with Gasteiger partial charge in [-0.15, -0.1) is 0 Å². The molecule has 12 nitrogen and oxygen atoms in total. The third-order valence-corrected chi connectivity index (χ3v) is 9.30. The van der Waals surface area contributed by atoms with E-state index in [1.54, 1.807) is 26.8 Å². The summed E-state index contributed by atoms with van der Waals surface area (Å²) in [5, 5.41) is 17.7. The smallest absolute Gasteiger partial charge is 0.402 e. The minimum atomic E-state index is -4.70. The number of aromatic amines is 1. The number of aromatic nitrogens is 3. The van der Waals surface area contributed by atoms with Gasteiger partial charge in [0.2, 0.25) is 10.0 Å². The Bertz CT molecular complexity index is 1780. The third kappa shape index (κ3) is 6.59. The SMILES string of the molecule is CC(C)(C)OC(=O)[C@@H]1CC[C@H](C(C#N)Cn2nc(Nc3ccc4c(c3)CN(CC(F)(F)F)S4(=O)=O)c3c(=O)[nH]ccc32)CO1. The van der Waals surface area contributed by atoms with Gasteiger partial charge in [0, 0.05) is 24.3 Å². The number of ether oxygens (including phenoxy) is 2. The Labute approximate surface area is 250 Å². The highest BCUT2D eigenvalue weighted by Crippen LogP contribution is 2.36. The van der Waals surface area contributed by atoms with E-state index in [-0.39, 0.29) is 40.7 Å². The van der Waals surface area contributed by atoms with Crippen molar-refractivity contribution >= 4 is 38.4 Å². The molecule has 1 unspecified atom stereocenters. The van der Waals surface area contributed by atoms with Crippen molar-refractivity contribution in [1.29, 1.82) is 5.26 Å². The highest BCUT2D eigenvalue weighted by molar-refractivity contribution is 7.89. The molecule has 2 aliphatic rings. The standard InChI is InChI=1S/C28H31F3N6O6S/c1-27(2,3)43-26(39)21-6-4-16(14-42-21)18(11-32)13-37-20-8-9-33-25(38)23(20)24(35-37)34-19-5-7-22-17(10-19)12-36(44(22,40)41)15-28(29,30)31/h5,7-10,16,18,21H,4,6,12-15H2,1-3H3,(H,33,38)(H,34,35)/t16-,18?,21-/m0/s1. The molecule has 0 spiro atoms. The summed E-state index contributed by atoms with van der Waals surface area (Å²) in [5.41, 5.74) is -0.204. The Morgan fingerprint density at radius 2 is 2.02 bits per heavy atom. The Morgan fingerprint density at radius 1 is 1.27 bits per heavy atom. The number of nitriles is 1. The molecule has 236 valence electrons. The van der Waals surface area contributed by atoms with E-state index in [0.29, 0.717) is 28.4 Å². The second-order valence-corrected chi connectivity index (χ2v) is 13.8. The van der Waals surface area contributed by atoms with Crippen LogP contribution < -0.4 is 10.9 Å². The summed E-state index contributed by atoms with van der Waals surface area (Å²) in [5.74, 6) is -1.12. The molecule has 0 saturated carbocycles. The molecule has 2 aliphatic heterocycles. The van der Waals surface area contributed by atoms with Crippen LogP contribution in [-0.2, 0) is 37.4 Å². The number of hydrogen-bond donors (Lipinski definition) is 2. The van der Waals surface area contributed by atoms with Crippen LogP contribution in [0, 0.1) is 23.2 Å². The number of hydrogen-bond acceptors (Lipinski definition) is 9. The van der Waals surface area contributed by atoms with Crippen LogP contribution in [0.5, 0.6) is 0 Å². The zero-order valence-corrected chi connectivity index (χ0v) is 25.0. The van der Waals surface area contributed by atoms with Crippen LogP contribution in [0.15, 0.2) is 40.2 Å². The highest BCUT2D eigenvalue weighted by atomic mass is 32.2. The van der Waals surface area contributed by atoms with E-state index in [1.807, 2.05) is 0 Å². The maximum atomic E-state index is 13.0. The first kappa shape index (κ1) is 31.5. The van der Waals surface area contributed by atoms with Gasteiger partial charge in [0.05, 0.1) is 35.6 Å². The molecule has 3 aromatic rings. The van der Waals surface area contributed by atoms with E-state index in [4.69, 9.17) is 9.47 Å². The fourth-order valence-electron chi connectivity index (χ4n) is 5.41. The maximum Gasteiger partial charge on any atom is 0.402 e. The van der Waals surface area contributed by atoms with Gasteiger partial charge >= 0.3 is 12.1 Å². The van der Waals surface area contributed by atoms with Crippen molar-refractivity contribution in [1.82, 2.24) is 19.1 Å². The van der Waals surface area contributed by atoms with Crippen LogP contribution in [0.3, 0.4) is 0 Å². The monoisotopic (exact) mass is 636 g/mol. The number of nitrogens with one attached hydrogen (secondary N) is 2. The van der Waals surface area contributed by atoms with Crippen molar-refractivity contribution in [2.75, 3.05) is 18.5 Å². The zero-order chi connectivity index (χ0) is 32.0. The van der Waals surface area contributed by atoms with Gasteiger partial charge in [0.1, 0.15) is 17.5 Å². The van der Waals surface area contributed by atoms with Crippen molar-refractivity contribution < 1.29 is 35.9 Å². The molecule has 1 fully saturated rings. The maximum absolute atomic E-state index is 13.0. The van der Waals surface area contributed by atoms with Gasteiger partial charge < -0.3 is 19.8 Å². The molecular formula is C28H31F3N6O6S. The normalized spacial score (nSPS) is 21.0. The molecule has 1 aromatic carbocycles. The molecule has 0 radical (unpaired) electrons. The predicted molar refractivity (Wildman–Crippen MR) is 151 cm³/mol. The van der Waals surface area contributed by atoms with Gasteiger partial charge in [-0.05, 0) is 63.4 Å². The Morgan fingerprint density at radius 3 is 2.66 bits per heavy atom. The van der Waals surface area contributed by atoms with Crippen molar-refractivity contribution in [2.24, 2.45) is 11.8 Å². The van der Waals surface area contributed by atoms with Crippen LogP contribution >= 0.6 is 0 Å². The van der Waals surface area contributed by atoms with Crippen LogP contribution in [0.2, 0.25) is 0 Å². The lowest BCUT2D eigenvalue weighted by Crippen LogP contribution is -2.39. The summed E-state index contributed by atoms with van der Waals surface area (Å²) in [6.45, 7) is 3.52. The van der Waals surface area contributed by atoms with Gasteiger partial charge in [-0.25, -0.2) is 13.2 Å². The number of carbonyl (C=O) groups is 1. The number of benzene rings is 1. The molecule has 0 amide bonds. The highest BCUT2D eigenvalue weighted by Gasteiger charge is 2.42. The third-order valence-electron chi connectivity index (χ3n) is 7.40. The van der Waals surface area contributed by atoms with Gasteiger partial charge in [-0.2, -0.15) is 27.8 Å². The average Bonchev–Trinajstić information content (AvgIpc) is 3.39. The van der Waals surface area contributed by atoms with Crippen molar-refractivity contribution in [2.45, 2.75) is 69.5 Å². The molecule has 2 N–H and O–H groups in total. The molecule has 1 saturated heterocycles. The van der Waals surface area contributed by atoms with E-state index in [0.717, 1.165) is 0 Å². The number of carbonyl (C=O) groups excluding carboxylic acids is 1. The summed E-state index contributed by atoms with van der Waals surface area (Å²) < 4.78 is 77.1. The van der Waals surface area contributed by atoms with Crippen LogP contribution in [0.25, 0.3) is 10.9 Å². The fraction of sp³-hybridized carbons (Fsp3) is 0.500. The predicted octanol–water partition coefficient (Wildman–Crippen LogP) is 3.81. The molecule has 0 bridgehead atoms. The number of pyridine rings is 1. The van der Waals surface area contributed by atoms with E-state index < -0.39 is 58.4 Å². The lowest BCUT2D eigenvalue weighted by atomic mass is 9.87. The first-order valence-corrected chi connectivity index (χ1v) is 15.3. The number of fused-ring (bicyclic) bond motifs is 2. The first-order chi connectivity index (χ1) is 20.6. The Hall–Kier alpha value is -3.94. The van der Waals surface area contributed by atoms with Crippen molar-refractivity contribution in [3.05, 3.63) is 46.4 Å². The van der Waals surface area contributed by atoms with Crippen LogP contribution in [-0.4, -0.2) is 64.5 Å². The number of rotatable bonds is 7. The number of H-pyrrole nitrogens is 1. The molecule has 16 heteroatoms. The van der Waals surface area contributed by atoms with Gasteiger partial charge in [-0.3, -0.25) is 9.48 Å². The molecule has 4 heterocycles. The average molecular weight is 637 g/mol. The Kier molecular flexibility index (Phi) is 8.25. The number of esters is 1. The second kappa shape index (κ2) is 11.5. The largest absolute Gasteiger partial charge is 0.458 e. The number of alkyl halides is 3. The quantitative estimate of drug-likeness (QED) is 0.368. The summed E-state index contributed by atoms with van der Waals surface area (Å²) in [6, 6.07) is 7.92. The minimum Gasteiger partial charge on any atom is -0.458 e. The van der Waals surface area contributed by atoms with E-state index in [9.17, 15) is 36.4 Å². The lowest BCUT2D eigenvalue weighted by molar-refractivity contribution is -0.173. The lowest BCUT2D eigenvalue weighted by Gasteiger charge is -2.32. The fourth-order valence-corrected chi connectivity index (χ4v) is 7.01. The summed E-state index contributed by atoms with van der Waals surface area (Å²) in [4.78, 5) is 27.6. The zero-order valence-electron chi connectivity index (χ0n) is 24.1. The summed E-state index contributed by atoms with van der Waals surface area (Å²) in [7, 11) is -4.31. The van der Waals surface area contributed by atoms with Gasteiger partial charge in [0.15, 0.2) is 11.9 Å². The topological polar surface area (TPSA) is 159 Å². The van der Waals surface area contributed by atoms with Gasteiger partial charge in [-0.1, -0.05) is 0 Å². The summed E-state index contributed by atoms with van der Waals surface area (Å²) in [6.07, 6.45) is -3.05. The van der Waals surface area contributed by atoms with E-state index >= 15 is 0 Å². The van der Waals surface area contributed by atoms with Crippen LogP contribution in [0.1, 0.15) is 39.2 Å². The van der Waals surface area contributed by atoms with E-state index in [1.165, 1.54) is 29.1 Å². The number of halogens is 3. The Balaban J connectivity index is 1.35. The molecule has 3 atom stereocenters. The number of nitrogens with zero attached hydrogens (tertiary/aromatic N) is 4. The molecule has 0 aliphatic carbocycles. The van der Waals surface area contributed by atoms with Crippen LogP contribution in [0.4, 0.5) is 24.7 Å². The van der Waals surface area contributed by atoms with Gasteiger partial charge in [0.25, 0.3) is 5.56 Å². The number of sulfonamides is 1. The molecular weight excluding hydrogens is 605 g/mol. The minimum absolute atomic E-state index is 0.109. The molecule has 2 aromatic heterocycles. The second-order valence-electron chi connectivity index (χ2n) is 11.9. The molecule has 44 heavy (non-hydrogen) atoms. The molecule has 5 rings (SSSR count). The summed E-state index contributed by atoms with van der Waals surface area (Å²) >= 11 is 0. The van der Waals surface area contributed by atoms with Crippen molar-refractivity contribution in [3.63, 3.8) is 0 Å². The first-order valence-electron chi connectivity index (χ1n) is 13.8.